The Morgan fingerprint density at radius 3 is 2.68 bits per heavy atom. The van der Waals surface area contributed by atoms with Gasteiger partial charge in [0.25, 0.3) is 5.91 Å². The minimum atomic E-state index is -0.726. The SMILES string of the molecule is CN1C(=O)CO[C@H](C(=O)NCCCC(C)(C)CO)[C@@H]1c1ccccc1. The van der Waals surface area contributed by atoms with Crippen LogP contribution < -0.4 is 5.32 Å². The van der Waals surface area contributed by atoms with Crippen molar-refractivity contribution in [2.45, 2.75) is 38.8 Å². The maximum absolute atomic E-state index is 12.6. The summed E-state index contributed by atoms with van der Waals surface area (Å²) in [5, 5.41) is 12.2. The third-order valence-electron chi connectivity index (χ3n) is 4.64. The Hall–Kier alpha value is -1.92. The molecule has 1 fully saturated rings. The van der Waals surface area contributed by atoms with E-state index in [0.29, 0.717) is 6.54 Å². The highest BCUT2D eigenvalue weighted by Gasteiger charge is 2.39. The van der Waals surface area contributed by atoms with Gasteiger partial charge in [0.1, 0.15) is 6.61 Å². The van der Waals surface area contributed by atoms with E-state index in [-0.39, 0.29) is 30.4 Å². The smallest absolute Gasteiger partial charge is 0.251 e. The molecule has 0 saturated carbocycles. The molecule has 1 heterocycles. The Kier molecular flexibility index (Phi) is 6.56. The third kappa shape index (κ3) is 5.03. The Morgan fingerprint density at radius 1 is 1.36 bits per heavy atom. The third-order valence-corrected chi connectivity index (χ3v) is 4.64. The van der Waals surface area contributed by atoms with Gasteiger partial charge in [-0.05, 0) is 23.8 Å². The summed E-state index contributed by atoms with van der Waals surface area (Å²) in [6.45, 7) is 4.53. The molecule has 0 spiro atoms. The number of carbonyl (C=O) groups excluding carboxylic acids is 2. The van der Waals surface area contributed by atoms with Crippen LogP contribution in [0, 0.1) is 5.41 Å². The monoisotopic (exact) mass is 348 g/mol. The fourth-order valence-electron chi connectivity index (χ4n) is 2.94. The summed E-state index contributed by atoms with van der Waals surface area (Å²) >= 11 is 0. The molecule has 0 unspecified atom stereocenters. The largest absolute Gasteiger partial charge is 0.396 e. The van der Waals surface area contributed by atoms with E-state index < -0.39 is 12.1 Å². The van der Waals surface area contributed by atoms with Crippen LogP contribution in [0.2, 0.25) is 0 Å². The second-order valence-corrected chi connectivity index (χ2v) is 7.31. The molecule has 2 rings (SSSR count). The van der Waals surface area contributed by atoms with E-state index in [1.807, 2.05) is 44.2 Å². The molecule has 6 nitrogen and oxygen atoms in total. The van der Waals surface area contributed by atoms with E-state index in [1.165, 1.54) is 0 Å². The summed E-state index contributed by atoms with van der Waals surface area (Å²) < 4.78 is 5.57. The van der Waals surface area contributed by atoms with Gasteiger partial charge in [-0.3, -0.25) is 9.59 Å². The number of ether oxygens (including phenoxy) is 1. The molecule has 2 amide bonds. The average molecular weight is 348 g/mol. The van der Waals surface area contributed by atoms with E-state index in [4.69, 9.17) is 4.74 Å². The van der Waals surface area contributed by atoms with Gasteiger partial charge in [-0.1, -0.05) is 44.2 Å². The molecule has 0 radical (unpaired) electrons. The maximum atomic E-state index is 12.6. The zero-order valence-corrected chi connectivity index (χ0v) is 15.2. The van der Waals surface area contributed by atoms with Crippen LogP contribution in [0.25, 0.3) is 0 Å². The lowest BCUT2D eigenvalue weighted by Crippen LogP contribution is -2.53. The van der Waals surface area contributed by atoms with Crippen molar-refractivity contribution in [1.29, 1.82) is 0 Å². The molecule has 0 bridgehead atoms. The summed E-state index contributed by atoms with van der Waals surface area (Å²) in [7, 11) is 1.70. The molecule has 0 aliphatic carbocycles. The Bertz CT molecular complexity index is 588. The fraction of sp³-hybridized carbons (Fsp3) is 0.579. The standard InChI is InChI=1S/C19H28N2O4/c1-19(2,13-22)10-7-11-20-18(24)17-16(14-8-5-4-6-9-14)21(3)15(23)12-25-17/h4-6,8-9,16-17,22H,7,10-13H2,1-3H3,(H,20,24)/t16-,17-/m0/s1. The molecule has 138 valence electrons. The number of nitrogens with one attached hydrogen (secondary N) is 1. The summed E-state index contributed by atoms with van der Waals surface area (Å²) in [4.78, 5) is 26.2. The molecule has 25 heavy (non-hydrogen) atoms. The normalized spacial score (nSPS) is 21.3. The summed E-state index contributed by atoms with van der Waals surface area (Å²) in [6, 6.07) is 9.02. The van der Waals surface area contributed by atoms with Gasteiger partial charge in [0.15, 0.2) is 6.10 Å². The van der Waals surface area contributed by atoms with Crippen LogP contribution in [-0.2, 0) is 14.3 Å². The lowest BCUT2D eigenvalue weighted by molar-refractivity contribution is -0.162. The number of amides is 2. The zero-order chi connectivity index (χ0) is 18.4. The lowest BCUT2D eigenvalue weighted by Gasteiger charge is -2.38. The predicted octanol–water partition coefficient (Wildman–Crippen LogP) is 1.50. The first-order valence-corrected chi connectivity index (χ1v) is 8.66. The average Bonchev–Trinajstić information content (AvgIpc) is 2.61. The second-order valence-electron chi connectivity index (χ2n) is 7.31. The van der Waals surface area contributed by atoms with Crippen molar-refractivity contribution in [2.24, 2.45) is 5.41 Å². The van der Waals surface area contributed by atoms with E-state index in [1.54, 1.807) is 11.9 Å². The van der Waals surface area contributed by atoms with E-state index in [2.05, 4.69) is 5.32 Å². The first-order chi connectivity index (χ1) is 11.9. The lowest BCUT2D eigenvalue weighted by atomic mass is 9.89. The maximum Gasteiger partial charge on any atom is 0.251 e. The zero-order valence-electron chi connectivity index (χ0n) is 15.2. The van der Waals surface area contributed by atoms with Crippen LogP contribution in [0.1, 0.15) is 38.3 Å². The number of nitrogens with zero attached hydrogens (tertiary/aromatic N) is 1. The topological polar surface area (TPSA) is 78.9 Å². The Morgan fingerprint density at radius 2 is 2.04 bits per heavy atom. The number of morpholine rings is 1. The van der Waals surface area contributed by atoms with Crippen LogP contribution >= 0.6 is 0 Å². The van der Waals surface area contributed by atoms with Crippen molar-refractivity contribution in [3.8, 4) is 0 Å². The Labute approximate surface area is 149 Å². The van der Waals surface area contributed by atoms with Crippen molar-refractivity contribution in [3.63, 3.8) is 0 Å². The quantitative estimate of drug-likeness (QED) is 0.732. The molecular weight excluding hydrogens is 320 g/mol. The van der Waals surface area contributed by atoms with E-state index in [9.17, 15) is 14.7 Å². The fourth-order valence-corrected chi connectivity index (χ4v) is 2.94. The molecular formula is C19H28N2O4. The molecule has 2 N–H and O–H groups in total. The number of rotatable bonds is 7. The second kappa shape index (κ2) is 8.45. The summed E-state index contributed by atoms with van der Waals surface area (Å²) in [5.74, 6) is -0.349. The molecule has 2 atom stereocenters. The first-order valence-electron chi connectivity index (χ1n) is 8.66. The first kappa shape index (κ1) is 19.4. The highest BCUT2D eigenvalue weighted by Crippen LogP contribution is 2.29. The van der Waals surface area contributed by atoms with Crippen LogP contribution in [0.3, 0.4) is 0 Å². The van der Waals surface area contributed by atoms with Crippen LogP contribution in [0.4, 0.5) is 0 Å². The molecule has 1 aromatic rings. The van der Waals surface area contributed by atoms with E-state index in [0.717, 1.165) is 18.4 Å². The summed E-state index contributed by atoms with van der Waals surface area (Å²) in [6.07, 6.45) is 0.864. The number of carbonyl (C=O) groups is 2. The molecule has 1 aliphatic rings. The number of likely N-dealkylation sites (N-methyl/N-ethyl adjacent to an activating group) is 1. The molecule has 1 saturated heterocycles. The van der Waals surface area contributed by atoms with Crippen molar-refractivity contribution < 1.29 is 19.4 Å². The molecule has 1 aliphatic heterocycles. The van der Waals surface area contributed by atoms with Gasteiger partial charge >= 0.3 is 0 Å². The number of hydrogen-bond acceptors (Lipinski definition) is 4. The van der Waals surface area contributed by atoms with Gasteiger partial charge in [-0.25, -0.2) is 0 Å². The highest BCUT2D eigenvalue weighted by molar-refractivity contribution is 5.86. The Balaban J connectivity index is 2.00. The van der Waals surface area contributed by atoms with E-state index >= 15 is 0 Å². The minimum absolute atomic E-state index is 0.0878. The highest BCUT2D eigenvalue weighted by atomic mass is 16.5. The molecule has 0 aromatic heterocycles. The van der Waals surface area contributed by atoms with Gasteiger partial charge in [0.05, 0.1) is 6.04 Å². The molecule has 6 heteroatoms. The molecule has 1 aromatic carbocycles. The number of benzene rings is 1. The number of aliphatic hydroxyl groups excluding tert-OH is 1. The van der Waals surface area contributed by atoms with Crippen molar-refractivity contribution in [1.82, 2.24) is 10.2 Å². The van der Waals surface area contributed by atoms with Crippen molar-refractivity contribution in [2.75, 3.05) is 26.8 Å². The van der Waals surface area contributed by atoms with Crippen molar-refractivity contribution in [3.05, 3.63) is 35.9 Å². The number of aliphatic hydroxyl groups is 1. The predicted molar refractivity (Wildman–Crippen MR) is 94.8 cm³/mol. The van der Waals surface area contributed by atoms with Gasteiger partial charge in [-0.15, -0.1) is 0 Å². The number of hydrogen-bond donors (Lipinski definition) is 2. The van der Waals surface area contributed by atoms with Crippen LogP contribution in [0.15, 0.2) is 30.3 Å². The van der Waals surface area contributed by atoms with Crippen LogP contribution in [-0.4, -0.2) is 54.7 Å². The van der Waals surface area contributed by atoms with Crippen LogP contribution in [0.5, 0.6) is 0 Å². The van der Waals surface area contributed by atoms with Crippen molar-refractivity contribution >= 4 is 11.8 Å². The van der Waals surface area contributed by atoms with Gasteiger partial charge in [0, 0.05) is 20.2 Å². The minimum Gasteiger partial charge on any atom is -0.396 e. The van der Waals surface area contributed by atoms with Gasteiger partial charge in [-0.2, -0.15) is 0 Å². The van der Waals surface area contributed by atoms with Gasteiger partial charge < -0.3 is 20.1 Å². The summed E-state index contributed by atoms with van der Waals surface area (Å²) in [5.41, 5.74) is 0.727. The van der Waals surface area contributed by atoms with Gasteiger partial charge in [0.2, 0.25) is 5.91 Å².